The highest BCUT2D eigenvalue weighted by Gasteiger charge is 2.13. The van der Waals surface area contributed by atoms with E-state index in [1.54, 1.807) is 18.2 Å². The molecule has 1 aromatic rings. The van der Waals surface area contributed by atoms with Crippen LogP contribution in [0.25, 0.3) is 0 Å². The lowest BCUT2D eigenvalue weighted by molar-refractivity contribution is -0.131. The number of amides is 1. The van der Waals surface area contributed by atoms with E-state index in [9.17, 15) is 4.79 Å². The van der Waals surface area contributed by atoms with Crippen LogP contribution in [0.1, 0.15) is 12.7 Å². The van der Waals surface area contributed by atoms with Crippen molar-refractivity contribution in [1.29, 1.82) is 0 Å². The molecule has 5 nitrogen and oxygen atoms in total. The molecule has 17 heavy (non-hydrogen) atoms. The molecule has 0 unspecified atom stereocenters. The summed E-state index contributed by atoms with van der Waals surface area (Å²) in [6.45, 7) is 5.09. The minimum atomic E-state index is 0.0803. The predicted molar refractivity (Wildman–Crippen MR) is 66.4 cm³/mol. The summed E-state index contributed by atoms with van der Waals surface area (Å²) in [5.41, 5.74) is 5.48. The number of nitrogens with zero attached hydrogens (tertiary/aromatic N) is 2. The maximum Gasteiger partial charge on any atom is 0.236 e. The second-order valence-corrected chi connectivity index (χ2v) is 3.99. The van der Waals surface area contributed by atoms with E-state index in [1.165, 1.54) is 0 Å². The normalized spacial score (nSPS) is 10.8. The lowest BCUT2D eigenvalue weighted by atomic mass is 10.3. The van der Waals surface area contributed by atoms with Gasteiger partial charge in [-0.15, -0.1) is 0 Å². The first-order chi connectivity index (χ1) is 8.17. The largest absolute Gasteiger partial charge is 0.467 e. The summed E-state index contributed by atoms with van der Waals surface area (Å²) in [7, 11) is 1.78. The molecule has 0 atom stereocenters. The number of hydrogen-bond acceptors (Lipinski definition) is 4. The molecule has 1 aromatic heterocycles. The van der Waals surface area contributed by atoms with Crippen LogP contribution in [0.15, 0.2) is 22.8 Å². The van der Waals surface area contributed by atoms with E-state index >= 15 is 0 Å². The number of hydrogen-bond donors (Lipinski definition) is 1. The van der Waals surface area contributed by atoms with Crippen LogP contribution >= 0.6 is 0 Å². The molecular formula is C12H21N3O2. The van der Waals surface area contributed by atoms with Crippen molar-refractivity contribution in [2.45, 2.75) is 13.5 Å². The Hall–Kier alpha value is -1.33. The molecule has 96 valence electrons. The van der Waals surface area contributed by atoms with Gasteiger partial charge in [-0.1, -0.05) is 6.92 Å². The highest BCUT2D eigenvalue weighted by atomic mass is 16.3. The first-order valence-electron chi connectivity index (χ1n) is 5.86. The second-order valence-electron chi connectivity index (χ2n) is 3.99. The van der Waals surface area contributed by atoms with E-state index in [4.69, 9.17) is 10.2 Å². The van der Waals surface area contributed by atoms with E-state index < -0.39 is 0 Å². The molecule has 1 rings (SSSR count). The van der Waals surface area contributed by atoms with E-state index in [-0.39, 0.29) is 5.91 Å². The molecule has 5 heteroatoms. The van der Waals surface area contributed by atoms with Crippen LogP contribution in [0.5, 0.6) is 0 Å². The molecule has 0 fully saturated rings. The summed E-state index contributed by atoms with van der Waals surface area (Å²) >= 11 is 0. The number of rotatable bonds is 7. The molecule has 0 aliphatic rings. The SMILES string of the molecule is CCN(CCN)CC(=O)N(C)Cc1ccco1. The van der Waals surface area contributed by atoms with Crippen LogP contribution < -0.4 is 5.73 Å². The molecule has 0 aliphatic heterocycles. The van der Waals surface area contributed by atoms with E-state index in [0.717, 1.165) is 18.8 Å². The van der Waals surface area contributed by atoms with Crippen molar-refractivity contribution in [2.24, 2.45) is 5.73 Å². The molecule has 0 saturated carbocycles. The van der Waals surface area contributed by atoms with Gasteiger partial charge in [0.05, 0.1) is 19.4 Å². The van der Waals surface area contributed by atoms with Crippen molar-refractivity contribution in [1.82, 2.24) is 9.80 Å². The quantitative estimate of drug-likeness (QED) is 0.753. The van der Waals surface area contributed by atoms with E-state index in [1.807, 2.05) is 24.0 Å². The van der Waals surface area contributed by atoms with Gasteiger partial charge in [-0.05, 0) is 18.7 Å². The smallest absolute Gasteiger partial charge is 0.236 e. The van der Waals surface area contributed by atoms with Gasteiger partial charge in [0.1, 0.15) is 5.76 Å². The fourth-order valence-corrected chi connectivity index (χ4v) is 1.57. The molecule has 0 spiro atoms. The first kappa shape index (κ1) is 13.7. The van der Waals surface area contributed by atoms with Gasteiger partial charge in [0, 0.05) is 20.1 Å². The van der Waals surface area contributed by atoms with Crippen molar-refractivity contribution in [3.05, 3.63) is 24.2 Å². The Bertz CT molecular complexity index is 325. The van der Waals surface area contributed by atoms with Crippen molar-refractivity contribution in [2.75, 3.05) is 33.2 Å². The zero-order chi connectivity index (χ0) is 12.7. The van der Waals surface area contributed by atoms with Gasteiger partial charge in [-0.25, -0.2) is 0 Å². The average Bonchev–Trinajstić information content (AvgIpc) is 2.81. The van der Waals surface area contributed by atoms with Gasteiger partial charge < -0.3 is 15.1 Å². The third-order valence-corrected chi connectivity index (χ3v) is 2.65. The van der Waals surface area contributed by atoms with Crippen LogP contribution in [-0.4, -0.2) is 48.9 Å². The molecule has 1 amide bonds. The minimum Gasteiger partial charge on any atom is -0.467 e. The average molecular weight is 239 g/mol. The Morgan fingerprint density at radius 1 is 1.53 bits per heavy atom. The second kappa shape index (κ2) is 7.09. The van der Waals surface area contributed by atoms with Crippen molar-refractivity contribution in [3.8, 4) is 0 Å². The van der Waals surface area contributed by atoms with Crippen molar-refractivity contribution < 1.29 is 9.21 Å². The van der Waals surface area contributed by atoms with Gasteiger partial charge in [0.25, 0.3) is 0 Å². The number of likely N-dealkylation sites (N-methyl/N-ethyl adjacent to an activating group) is 2. The first-order valence-corrected chi connectivity index (χ1v) is 5.86. The summed E-state index contributed by atoms with van der Waals surface area (Å²) < 4.78 is 5.21. The molecule has 0 saturated heterocycles. The highest BCUT2D eigenvalue weighted by Crippen LogP contribution is 2.04. The highest BCUT2D eigenvalue weighted by molar-refractivity contribution is 5.77. The van der Waals surface area contributed by atoms with Gasteiger partial charge >= 0.3 is 0 Å². The Morgan fingerprint density at radius 2 is 2.29 bits per heavy atom. The lowest BCUT2D eigenvalue weighted by Gasteiger charge is -2.22. The Morgan fingerprint density at radius 3 is 2.82 bits per heavy atom. The van der Waals surface area contributed by atoms with Gasteiger partial charge in [-0.2, -0.15) is 0 Å². The number of nitrogens with two attached hydrogens (primary N) is 1. The minimum absolute atomic E-state index is 0.0803. The summed E-state index contributed by atoms with van der Waals surface area (Å²) in [5, 5.41) is 0. The predicted octanol–water partition coefficient (Wildman–Crippen LogP) is 0.519. The van der Waals surface area contributed by atoms with Crippen LogP contribution in [0.3, 0.4) is 0 Å². The maximum atomic E-state index is 11.9. The van der Waals surface area contributed by atoms with E-state index in [2.05, 4.69) is 0 Å². The fourth-order valence-electron chi connectivity index (χ4n) is 1.57. The van der Waals surface area contributed by atoms with Crippen LogP contribution in [0.2, 0.25) is 0 Å². The molecule has 2 N–H and O–H groups in total. The summed E-state index contributed by atoms with van der Waals surface area (Å²) in [6, 6.07) is 3.68. The Kier molecular flexibility index (Phi) is 5.72. The maximum absolute atomic E-state index is 11.9. The topological polar surface area (TPSA) is 62.7 Å². The number of carbonyl (C=O) groups excluding carboxylic acids is 1. The number of furan rings is 1. The fraction of sp³-hybridized carbons (Fsp3) is 0.583. The van der Waals surface area contributed by atoms with Crippen LogP contribution in [-0.2, 0) is 11.3 Å². The van der Waals surface area contributed by atoms with E-state index in [0.29, 0.717) is 19.6 Å². The van der Waals surface area contributed by atoms with Gasteiger partial charge in [0.15, 0.2) is 0 Å². The molecular weight excluding hydrogens is 218 g/mol. The Labute approximate surface area is 102 Å². The zero-order valence-electron chi connectivity index (χ0n) is 10.6. The van der Waals surface area contributed by atoms with Crippen molar-refractivity contribution >= 4 is 5.91 Å². The van der Waals surface area contributed by atoms with Crippen LogP contribution in [0.4, 0.5) is 0 Å². The molecule has 0 aromatic carbocycles. The van der Waals surface area contributed by atoms with Gasteiger partial charge in [0.2, 0.25) is 5.91 Å². The standard InChI is InChI=1S/C12H21N3O2/c1-3-15(7-6-13)10-12(16)14(2)9-11-5-4-8-17-11/h4-5,8H,3,6-7,9-10,13H2,1-2H3. The van der Waals surface area contributed by atoms with Crippen LogP contribution in [0, 0.1) is 0 Å². The number of carbonyl (C=O) groups is 1. The van der Waals surface area contributed by atoms with Gasteiger partial charge in [-0.3, -0.25) is 9.69 Å². The molecule has 0 radical (unpaired) electrons. The summed E-state index contributed by atoms with van der Waals surface area (Å²) in [5.74, 6) is 0.874. The molecule has 0 aliphatic carbocycles. The Balaban J connectivity index is 2.40. The zero-order valence-corrected chi connectivity index (χ0v) is 10.6. The third kappa shape index (κ3) is 4.58. The summed E-state index contributed by atoms with van der Waals surface area (Å²) in [6.07, 6.45) is 1.61. The lowest BCUT2D eigenvalue weighted by Crippen LogP contribution is -2.40. The monoisotopic (exact) mass is 239 g/mol. The molecule has 0 bridgehead atoms. The van der Waals surface area contributed by atoms with Crippen molar-refractivity contribution in [3.63, 3.8) is 0 Å². The summed E-state index contributed by atoms with van der Waals surface area (Å²) in [4.78, 5) is 15.6. The molecule has 1 heterocycles. The third-order valence-electron chi connectivity index (χ3n) is 2.65.